The highest BCUT2D eigenvalue weighted by Crippen LogP contribution is 2.24. The van der Waals surface area contributed by atoms with Crippen molar-refractivity contribution in [1.29, 1.82) is 0 Å². The summed E-state index contributed by atoms with van der Waals surface area (Å²) in [5.74, 6) is 1.43. The van der Waals surface area contributed by atoms with Crippen LogP contribution in [-0.4, -0.2) is 49.8 Å². The lowest BCUT2D eigenvalue weighted by Crippen LogP contribution is -2.31. The second kappa shape index (κ2) is 7.75. The Morgan fingerprint density at radius 1 is 1.34 bits per heavy atom. The first-order chi connectivity index (χ1) is 13.9. The van der Waals surface area contributed by atoms with Crippen LogP contribution >= 0.6 is 0 Å². The standard InChI is InChI=1S/C20H24N6O3/c1-20(2,3)19-24-18(29-25-19)13-6-7-21-16(9-13)26-11-15(23-12-26)17(27)22-10-14-5-4-8-28-14/h6-7,9,11-12,14H,4-5,8,10H2,1-3H3,(H,22,27)/t14-/m0/s1. The molecular formula is C20H24N6O3. The molecule has 1 aliphatic heterocycles. The van der Waals surface area contributed by atoms with Crippen LogP contribution in [0.2, 0.25) is 0 Å². The predicted octanol–water partition coefficient (Wildman–Crippen LogP) is 2.52. The Morgan fingerprint density at radius 2 is 2.21 bits per heavy atom. The van der Waals surface area contributed by atoms with Gasteiger partial charge in [0.05, 0.1) is 6.10 Å². The van der Waals surface area contributed by atoms with Gasteiger partial charge in [0, 0.05) is 36.5 Å². The highest BCUT2D eigenvalue weighted by atomic mass is 16.5. The molecule has 0 saturated carbocycles. The smallest absolute Gasteiger partial charge is 0.271 e. The van der Waals surface area contributed by atoms with E-state index >= 15 is 0 Å². The van der Waals surface area contributed by atoms with Crippen LogP contribution in [0.5, 0.6) is 0 Å². The molecule has 29 heavy (non-hydrogen) atoms. The summed E-state index contributed by atoms with van der Waals surface area (Å²) in [5.41, 5.74) is 0.868. The van der Waals surface area contributed by atoms with Gasteiger partial charge < -0.3 is 14.6 Å². The summed E-state index contributed by atoms with van der Waals surface area (Å²) in [6.07, 6.45) is 6.95. The number of carbonyl (C=O) groups is 1. The fraction of sp³-hybridized carbons (Fsp3) is 0.450. The number of carbonyl (C=O) groups excluding carboxylic acids is 1. The molecule has 0 unspecified atom stereocenters. The molecule has 9 nitrogen and oxygen atoms in total. The number of nitrogens with one attached hydrogen (secondary N) is 1. The van der Waals surface area contributed by atoms with Crippen LogP contribution in [0.3, 0.4) is 0 Å². The van der Waals surface area contributed by atoms with Crippen LogP contribution < -0.4 is 5.32 Å². The molecule has 0 radical (unpaired) electrons. The maximum Gasteiger partial charge on any atom is 0.271 e. The fourth-order valence-corrected chi connectivity index (χ4v) is 3.01. The third kappa shape index (κ3) is 4.34. The van der Waals surface area contributed by atoms with E-state index in [-0.39, 0.29) is 17.4 Å². The molecule has 0 spiro atoms. The number of rotatable bonds is 5. The van der Waals surface area contributed by atoms with Crippen LogP contribution in [0.25, 0.3) is 17.3 Å². The molecule has 9 heteroatoms. The molecule has 1 aliphatic rings. The summed E-state index contributed by atoms with van der Waals surface area (Å²) < 4.78 is 12.6. The number of amides is 1. The third-order valence-electron chi connectivity index (χ3n) is 4.68. The Hall–Kier alpha value is -3.07. The van der Waals surface area contributed by atoms with E-state index in [1.807, 2.05) is 26.8 Å². The monoisotopic (exact) mass is 396 g/mol. The van der Waals surface area contributed by atoms with Gasteiger partial charge in [-0.15, -0.1) is 0 Å². The highest BCUT2D eigenvalue weighted by molar-refractivity contribution is 5.92. The molecule has 1 saturated heterocycles. The van der Waals surface area contributed by atoms with Crippen molar-refractivity contribution in [3.05, 3.63) is 42.4 Å². The van der Waals surface area contributed by atoms with E-state index in [0.29, 0.717) is 29.8 Å². The van der Waals surface area contributed by atoms with E-state index in [9.17, 15) is 4.79 Å². The van der Waals surface area contributed by atoms with E-state index in [0.717, 1.165) is 25.0 Å². The van der Waals surface area contributed by atoms with Gasteiger partial charge in [-0.3, -0.25) is 9.36 Å². The molecule has 0 bridgehead atoms. The summed E-state index contributed by atoms with van der Waals surface area (Å²) in [4.78, 5) is 25.4. The van der Waals surface area contributed by atoms with Crippen molar-refractivity contribution in [2.24, 2.45) is 0 Å². The fourth-order valence-electron chi connectivity index (χ4n) is 3.01. The number of ether oxygens (including phenoxy) is 1. The Kier molecular flexibility index (Phi) is 5.14. The Morgan fingerprint density at radius 3 is 2.93 bits per heavy atom. The third-order valence-corrected chi connectivity index (χ3v) is 4.68. The summed E-state index contributed by atoms with van der Waals surface area (Å²) in [6.45, 7) is 7.32. The quantitative estimate of drug-likeness (QED) is 0.706. The van der Waals surface area contributed by atoms with Crippen LogP contribution in [0.1, 0.15) is 49.9 Å². The number of hydrogen-bond donors (Lipinski definition) is 1. The van der Waals surface area contributed by atoms with Crippen LogP contribution in [0.15, 0.2) is 35.4 Å². The number of pyridine rings is 1. The molecular weight excluding hydrogens is 372 g/mol. The molecule has 0 aromatic carbocycles. The van der Waals surface area contributed by atoms with Crippen molar-refractivity contribution < 1.29 is 14.1 Å². The molecule has 3 aromatic heterocycles. The summed E-state index contributed by atoms with van der Waals surface area (Å²) in [5, 5.41) is 6.92. The van der Waals surface area contributed by atoms with Crippen LogP contribution in [-0.2, 0) is 10.2 Å². The Labute approximate surface area is 168 Å². The largest absolute Gasteiger partial charge is 0.376 e. The zero-order valence-electron chi connectivity index (χ0n) is 16.8. The van der Waals surface area contributed by atoms with Gasteiger partial charge in [0.1, 0.15) is 17.8 Å². The van der Waals surface area contributed by atoms with Gasteiger partial charge in [-0.25, -0.2) is 9.97 Å². The van der Waals surface area contributed by atoms with E-state index in [1.165, 1.54) is 0 Å². The molecule has 152 valence electrons. The van der Waals surface area contributed by atoms with Crippen molar-refractivity contribution in [2.45, 2.75) is 45.1 Å². The van der Waals surface area contributed by atoms with Gasteiger partial charge in [0.2, 0.25) is 0 Å². The zero-order valence-corrected chi connectivity index (χ0v) is 16.8. The van der Waals surface area contributed by atoms with Gasteiger partial charge in [-0.2, -0.15) is 4.98 Å². The lowest BCUT2D eigenvalue weighted by molar-refractivity contribution is 0.0854. The maximum atomic E-state index is 12.3. The molecule has 1 fully saturated rings. The average Bonchev–Trinajstić information content (AvgIpc) is 3.47. The van der Waals surface area contributed by atoms with Gasteiger partial charge >= 0.3 is 0 Å². The zero-order chi connectivity index (χ0) is 20.4. The first-order valence-electron chi connectivity index (χ1n) is 9.65. The maximum absolute atomic E-state index is 12.3. The summed E-state index contributed by atoms with van der Waals surface area (Å²) in [7, 11) is 0. The minimum atomic E-state index is -0.234. The SMILES string of the molecule is CC(C)(C)c1noc(-c2ccnc(-n3cnc(C(=O)NC[C@@H]4CCCO4)c3)c2)n1. The summed E-state index contributed by atoms with van der Waals surface area (Å²) >= 11 is 0. The first kappa shape index (κ1) is 19.3. The first-order valence-corrected chi connectivity index (χ1v) is 9.65. The second-order valence-corrected chi connectivity index (χ2v) is 8.09. The Bertz CT molecular complexity index is 998. The molecule has 1 amide bonds. The Balaban J connectivity index is 1.48. The molecule has 4 rings (SSSR count). The number of nitrogens with zero attached hydrogens (tertiary/aromatic N) is 5. The lowest BCUT2D eigenvalue weighted by atomic mass is 9.96. The topological polar surface area (TPSA) is 108 Å². The lowest BCUT2D eigenvalue weighted by Gasteiger charge is -2.10. The molecule has 0 aliphatic carbocycles. The minimum Gasteiger partial charge on any atom is -0.376 e. The van der Waals surface area contributed by atoms with Gasteiger partial charge in [0.25, 0.3) is 11.8 Å². The van der Waals surface area contributed by atoms with Crippen LogP contribution in [0, 0.1) is 0 Å². The highest BCUT2D eigenvalue weighted by Gasteiger charge is 2.22. The number of aromatic nitrogens is 5. The minimum absolute atomic E-state index is 0.0896. The number of imidazole rings is 1. The van der Waals surface area contributed by atoms with Gasteiger partial charge in [-0.1, -0.05) is 25.9 Å². The van der Waals surface area contributed by atoms with Crippen LogP contribution in [0.4, 0.5) is 0 Å². The van der Waals surface area contributed by atoms with Gasteiger partial charge in [0.15, 0.2) is 5.82 Å². The van der Waals surface area contributed by atoms with E-state index < -0.39 is 0 Å². The van der Waals surface area contributed by atoms with Crippen molar-refractivity contribution in [3.8, 4) is 17.3 Å². The normalized spacial score (nSPS) is 16.9. The predicted molar refractivity (Wildman–Crippen MR) is 105 cm³/mol. The van der Waals surface area contributed by atoms with Crippen molar-refractivity contribution >= 4 is 5.91 Å². The van der Waals surface area contributed by atoms with E-state index in [1.54, 1.807) is 29.4 Å². The van der Waals surface area contributed by atoms with E-state index in [4.69, 9.17) is 9.26 Å². The van der Waals surface area contributed by atoms with Crippen molar-refractivity contribution in [3.63, 3.8) is 0 Å². The average molecular weight is 396 g/mol. The molecule has 1 N–H and O–H groups in total. The second-order valence-electron chi connectivity index (χ2n) is 8.09. The van der Waals surface area contributed by atoms with Crippen molar-refractivity contribution in [2.75, 3.05) is 13.2 Å². The molecule has 1 atom stereocenters. The number of hydrogen-bond acceptors (Lipinski definition) is 7. The van der Waals surface area contributed by atoms with Gasteiger partial charge in [-0.05, 0) is 25.0 Å². The molecule has 3 aromatic rings. The van der Waals surface area contributed by atoms with E-state index in [2.05, 4.69) is 25.4 Å². The summed E-state index contributed by atoms with van der Waals surface area (Å²) in [6, 6.07) is 3.62. The molecule has 4 heterocycles. The van der Waals surface area contributed by atoms with Crippen molar-refractivity contribution in [1.82, 2.24) is 30.0 Å².